The van der Waals surface area contributed by atoms with Crippen molar-refractivity contribution in [3.8, 4) is 0 Å². The van der Waals surface area contributed by atoms with Crippen molar-refractivity contribution in [3.63, 3.8) is 0 Å². The molecule has 0 spiro atoms. The quantitative estimate of drug-likeness (QED) is 0.266. The van der Waals surface area contributed by atoms with Crippen LogP contribution in [0.2, 0.25) is 0 Å². The highest BCUT2D eigenvalue weighted by molar-refractivity contribution is 9.12. The number of allylic oxidation sites excluding steroid dienone is 3. The molecule has 0 radical (unpaired) electrons. The van der Waals surface area contributed by atoms with E-state index in [0.717, 1.165) is 16.7 Å². The molecular weight excluding hydrogens is 487 g/mol. The number of rotatable bonds is 1. The lowest BCUT2D eigenvalue weighted by atomic mass is 10.0. The summed E-state index contributed by atoms with van der Waals surface area (Å²) in [5.74, 6) is 0.921. The van der Waals surface area contributed by atoms with Crippen molar-refractivity contribution in [2.24, 2.45) is 0 Å². The fourth-order valence-electron chi connectivity index (χ4n) is 2.32. The fraction of sp³-hybridized carbons (Fsp3) is 0.533. The molecule has 0 aromatic rings. The van der Waals surface area contributed by atoms with Crippen molar-refractivity contribution >= 4 is 59.4 Å². The third kappa shape index (κ3) is 4.98. The van der Waals surface area contributed by atoms with Gasteiger partial charge in [0.25, 0.3) is 0 Å². The maximum Gasteiger partial charge on any atom is 0.137 e. The molecule has 5 atom stereocenters. The van der Waals surface area contributed by atoms with Gasteiger partial charge in [-0.15, -0.1) is 17.3 Å². The van der Waals surface area contributed by atoms with Gasteiger partial charge < -0.3 is 9.47 Å². The van der Waals surface area contributed by atoms with E-state index in [-0.39, 0.29) is 28.5 Å². The zero-order chi connectivity index (χ0) is 15.4. The van der Waals surface area contributed by atoms with Crippen molar-refractivity contribution in [1.29, 1.82) is 0 Å². The highest BCUT2D eigenvalue weighted by Crippen LogP contribution is 2.37. The maximum atomic E-state index is 6.36. The minimum absolute atomic E-state index is 0.0412. The van der Waals surface area contributed by atoms with Gasteiger partial charge in [-0.05, 0) is 19.4 Å². The first kappa shape index (κ1) is 17.8. The molecular formula is C15H16Br3ClO2. The average molecular weight is 503 g/mol. The summed E-state index contributed by atoms with van der Waals surface area (Å²) in [6, 6.07) is 0. The highest BCUT2D eigenvalue weighted by atomic mass is 79.9. The lowest BCUT2D eigenvalue weighted by Gasteiger charge is -2.36. The molecule has 0 unspecified atom stereocenters. The monoisotopic (exact) mass is 500 g/mol. The van der Waals surface area contributed by atoms with Crippen LogP contribution < -0.4 is 0 Å². The summed E-state index contributed by atoms with van der Waals surface area (Å²) in [6.07, 6.45) is 7.05. The van der Waals surface area contributed by atoms with E-state index < -0.39 is 0 Å². The Bertz CT molecular complexity index is 497. The van der Waals surface area contributed by atoms with Crippen LogP contribution in [0.25, 0.3) is 0 Å². The van der Waals surface area contributed by atoms with Crippen molar-refractivity contribution in [2.75, 3.05) is 0 Å². The van der Waals surface area contributed by atoms with Gasteiger partial charge >= 0.3 is 0 Å². The van der Waals surface area contributed by atoms with Crippen molar-refractivity contribution in [2.45, 2.75) is 48.3 Å². The molecule has 0 aromatic carbocycles. The number of fused-ring (bicyclic) bond motifs is 2. The van der Waals surface area contributed by atoms with Gasteiger partial charge in [0.1, 0.15) is 18.0 Å². The van der Waals surface area contributed by atoms with E-state index in [4.69, 9.17) is 21.1 Å². The standard InChI is InChI=1S/C15H16Br3ClO2/c1-9-15-13(18)8-12(17)14(21-15)7-10(19)4-5-11(20-9)3-2-6-16/h3-6,9-11,13,15H,7-8H2,1H3/b5-4+/t2?,9-,10-,11+,13-,15+/m0/s1. The Morgan fingerprint density at radius 2 is 2.14 bits per heavy atom. The average Bonchev–Trinajstić information content (AvgIpc) is 2.44. The Hall–Kier alpha value is 0.490. The molecule has 116 valence electrons. The third-order valence-electron chi connectivity index (χ3n) is 3.36. The smallest absolute Gasteiger partial charge is 0.137 e. The molecule has 2 rings (SSSR count). The number of hydrogen-bond donors (Lipinski definition) is 0. The zero-order valence-electron chi connectivity index (χ0n) is 11.4. The molecule has 0 saturated heterocycles. The SMILES string of the molecule is C[C@@H]1O[C@H](C=C=CBr)/C=C/[C@H](Cl)CC2=C(Br)C[C@H](Br)[C@@H]1O2. The van der Waals surface area contributed by atoms with Gasteiger partial charge in [0.15, 0.2) is 0 Å². The molecule has 0 aliphatic carbocycles. The van der Waals surface area contributed by atoms with Crippen molar-refractivity contribution < 1.29 is 9.47 Å². The molecule has 2 aliphatic rings. The van der Waals surface area contributed by atoms with Crippen LogP contribution in [0.15, 0.2) is 39.2 Å². The first-order valence-electron chi connectivity index (χ1n) is 6.68. The summed E-state index contributed by atoms with van der Waals surface area (Å²) < 4.78 is 13.3. The third-order valence-corrected chi connectivity index (χ3v) is 5.53. The molecule has 0 fully saturated rings. The lowest BCUT2D eigenvalue weighted by Crippen LogP contribution is -2.41. The Kier molecular flexibility index (Phi) is 7.11. The molecule has 0 N–H and O–H groups in total. The second kappa shape index (κ2) is 8.37. The van der Waals surface area contributed by atoms with Gasteiger partial charge in [0.05, 0.1) is 16.3 Å². The van der Waals surface area contributed by atoms with Gasteiger partial charge in [-0.1, -0.05) is 59.9 Å². The molecule has 2 aliphatic heterocycles. The topological polar surface area (TPSA) is 18.5 Å². The first-order valence-corrected chi connectivity index (χ1v) is 9.74. The second-order valence-corrected chi connectivity index (χ2v) is 8.14. The second-order valence-electron chi connectivity index (χ2n) is 4.98. The number of hydrogen-bond acceptors (Lipinski definition) is 2. The van der Waals surface area contributed by atoms with Crippen LogP contribution in [-0.2, 0) is 9.47 Å². The fourth-order valence-corrected chi connectivity index (χ4v) is 4.60. The van der Waals surface area contributed by atoms with E-state index in [1.807, 2.05) is 25.2 Å². The van der Waals surface area contributed by atoms with Crippen molar-refractivity contribution in [3.05, 3.63) is 39.2 Å². The van der Waals surface area contributed by atoms with Gasteiger partial charge in [-0.3, -0.25) is 0 Å². The normalized spacial score (nSPS) is 38.0. The van der Waals surface area contributed by atoms with Crippen LogP contribution in [0.5, 0.6) is 0 Å². The Morgan fingerprint density at radius 1 is 1.38 bits per heavy atom. The van der Waals surface area contributed by atoms with Crippen LogP contribution in [0.1, 0.15) is 19.8 Å². The summed E-state index contributed by atoms with van der Waals surface area (Å²) in [6.45, 7) is 2.03. The van der Waals surface area contributed by atoms with Gasteiger partial charge in [-0.25, -0.2) is 0 Å². The van der Waals surface area contributed by atoms with E-state index >= 15 is 0 Å². The largest absolute Gasteiger partial charge is 0.490 e. The van der Waals surface area contributed by atoms with Gasteiger partial charge in [0, 0.05) is 15.9 Å². The Labute approximate surface area is 155 Å². The Morgan fingerprint density at radius 3 is 2.86 bits per heavy atom. The van der Waals surface area contributed by atoms with E-state index in [1.165, 1.54) is 0 Å². The van der Waals surface area contributed by atoms with E-state index in [9.17, 15) is 0 Å². The number of ether oxygens (including phenoxy) is 2. The predicted molar refractivity (Wildman–Crippen MR) is 97.5 cm³/mol. The number of alkyl halides is 2. The summed E-state index contributed by atoms with van der Waals surface area (Å²) in [5.41, 5.74) is 2.99. The zero-order valence-corrected chi connectivity index (χ0v) is 17.0. The molecule has 2 bridgehead atoms. The Balaban J connectivity index is 2.29. The van der Waals surface area contributed by atoms with Crippen molar-refractivity contribution in [1.82, 2.24) is 0 Å². The lowest BCUT2D eigenvalue weighted by molar-refractivity contribution is -0.0573. The van der Waals surface area contributed by atoms with E-state index in [0.29, 0.717) is 6.42 Å². The van der Waals surface area contributed by atoms with E-state index in [1.54, 1.807) is 4.99 Å². The van der Waals surface area contributed by atoms with Crippen LogP contribution in [0, 0.1) is 0 Å². The molecule has 0 aromatic heterocycles. The molecule has 2 nitrogen and oxygen atoms in total. The van der Waals surface area contributed by atoms with Gasteiger partial charge in [-0.2, -0.15) is 0 Å². The minimum atomic E-state index is -0.172. The van der Waals surface area contributed by atoms with Crippen LogP contribution >= 0.6 is 59.4 Å². The molecule has 0 saturated carbocycles. The maximum absolute atomic E-state index is 6.36. The summed E-state index contributed by atoms with van der Waals surface area (Å²) >= 11 is 16.9. The van der Waals surface area contributed by atoms with Crippen LogP contribution in [0.4, 0.5) is 0 Å². The highest BCUT2D eigenvalue weighted by Gasteiger charge is 2.35. The molecule has 6 heteroatoms. The molecule has 2 heterocycles. The summed E-state index contributed by atoms with van der Waals surface area (Å²) in [5, 5.41) is -0.124. The molecule has 0 amide bonds. The van der Waals surface area contributed by atoms with E-state index in [2.05, 4.69) is 53.5 Å². The predicted octanol–water partition coefficient (Wildman–Crippen LogP) is 5.55. The summed E-state index contributed by atoms with van der Waals surface area (Å²) in [7, 11) is 0. The summed E-state index contributed by atoms with van der Waals surface area (Å²) in [4.78, 5) is 1.88. The van der Waals surface area contributed by atoms with Crippen LogP contribution in [0.3, 0.4) is 0 Å². The number of halogens is 4. The molecule has 21 heavy (non-hydrogen) atoms. The van der Waals surface area contributed by atoms with Gasteiger partial charge in [0.2, 0.25) is 0 Å². The minimum Gasteiger partial charge on any atom is -0.490 e. The first-order chi connectivity index (χ1) is 10.0. The van der Waals surface area contributed by atoms with Crippen LogP contribution in [-0.4, -0.2) is 28.5 Å².